The molecule has 0 aliphatic rings. The highest BCUT2D eigenvalue weighted by atomic mass is 19.1. The lowest BCUT2D eigenvalue weighted by molar-refractivity contribution is -0.124. The molecule has 3 rings (SSSR count). The molecule has 0 radical (unpaired) electrons. The van der Waals surface area contributed by atoms with Crippen LogP contribution in [0.2, 0.25) is 0 Å². The van der Waals surface area contributed by atoms with Gasteiger partial charge in [-0.3, -0.25) is 9.59 Å². The molecule has 2 aromatic carbocycles. The lowest BCUT2D eigenvalue weighted by Gasteiger charge is -2.22. The van der Waals surface area contributed by atoms with Gasteiger partial charge in [-0.05, 0) is 60.9 Å². The van der Waals surface area contributed by atoms with Gasteiger partial charge in [0.05, 0.1) is 6.61 Å². The van der Waals surface area contributed by atoms with Crippen LogP contribution in [0.1, 0.15) is 36.7 Å². The molecule has 0 bridgehead atoms. The number of carbonyl (C=O) groups is 2. The Kier molecular flexibility index (Phi) is 8.72. The highest BCUT2D eigenvalue weighted by Crippen LogP contribution is 2.23. The molecule has 1 atom stereocenters. The van der Waals surface area contributed by atoms with Gasteiger partial charge in [0.25, 0.3) is 5.91 Å². The number of rotatable bonds is 10. The van der Waals surface area contributed by atoms with Crippen LogP contribution in [0.3, 0.4) is 0 Å². The minimum Gasteiger partial charge on any atom is -0.494 e. The number of carbonyl (C=O) groups excluding carboxylic acids is 2. The van der Waals surface area contributed by atoms with Gasteiger partial charge in [0.1, 0.15) is 34.7 Å². The second kappa shape index (κ2) is 11.9. The number of nitrogens with zero attached hydrogens (tertiary/aromatic N) is 1. The van der Waals surface area contributed by atoms with Crippen LogP contribution in [0, 0.1) is 17.6 Å². The van der Waals surface area contributed by atoms with Crippen LogP contribution in [0.4, 0.5) is 8.78 Å². The normalized spacial score (nSPS) is 11.6. The molecule has 0 aliphatic heterocycles. The minimum atomic E-state index is -0.998. The Hall–Kier alpha value is -4.01. The van der Waals surface area contributed by atoms with E-state index in [0.29, 0.717) is 23.8 Å². The molecule has 3 aromatic rings. The van der Waals surface area contributed by atoms with E-state index in [9.17, 15) is 18.4 Å². The smallest absolute Gasteiger partial charge is 0.257 e. The Morgan fingerprint density at radius 1 is 1.00 bits per heavy atom. The summed E-state index contributed by atoms with van der Waals surface area (Å²) in [6, 6.07) is 12.6. The summed E-state index contributed by atoms with van der Waals surface area (Å²) in [7, 11) is 0. The van der Waals surface area contributed by atoms with Gasteiger partial charge in [0.15, 0.2) is 0 Å². The maximum atomic E-state index is 13.9. The van der Waals surface area contributed by atoms with Crippen LogP contribution >= 0.6 is 0 Å². The summed E-state index contributed by atoms with van der Waals surface area (Å²) in [5.41, 5.74) is -0.0144. The van der Waals surface area contributed by atoms with Gasteiger partial charge in [0, 0.05) is 18.8 Å². The van der Waals surface area contributed by atoms with E-state index in [1.807, 2.05) is 6.92 Å². The van der Waals surface area contributed by atoms with E-state index in [2.05, 4.69) is 15.6 Å². The standard InChI is InChI=1S/C26H27F2N3O4/c1-4-34-18-8-10-19(11-9-18)35-22-14-17(12-13-29-22)15-30-26(33)24(16(2)3)31-25(32)23-20(27)6-5-7-21(23)28/h5-14,16,24H,4,15H2,1-3H3,(H,30,33)(H,31,32)/t24-/m0/s1. The molecule has 2 N–H and O–H groups in total. The second-order valence-electron chi connectivity index (χ2n) is 8.02. The average molecular weight is 484 g/mol. The predicted molar refractivity (Wildman–Crippen MR) is 126 cm³/mol. The third-order valence-corrected chi connectivity index (χ3v) is 5.05. The first-order valence-electron chi connectivity index (χ1n) is 11.2. The number of halogens is 2. The fraction of sp³-hybridized carbons (Fsp3) is 0.269. The number of benzene rings is 2. The van der Waals surface area contributed by atoms with Crippen LogP contribution in [0.15, 0.2) is 60.8 Å². The highest BCUT2D eigenvalue weighted by molar-refractivity contribution is 5.98. The third-order valence-electron chi connectivity index (χ3n) is 5.05. The van der Waals surface area contributed by atoms with Gasteiger partial charge in [-0.2, -0.15) is 0 Å². The number of nitrogens with one attached hydrogen (secondary N) is 2. The molecule has 2 amide bonds. The SMILES string of the molecule is CCOc1ccc(Oc2cc(CNC(=O)[C@@H](NC(=O)c3c(F)cccc3F)C(C)C)ccn2)cc1. The van der Waals surface area contributed by atoms with Crippen molar-refractivity contribution in [3.63, 3.8) is 0 Å². The van der Waals surface area contributed by atoms with Crippen molar-refractivity contribution in [3.05, 3.63) is 83.6 Å². The first-order valence-corrected chi connectivity index (χ1v) is 11.2. The highest BCUT2D eigenvalue weighted by Gasteiger charge is 2.27. The summed E-state index contributed by atoms with van der Waals surface area (Å²) in [5, 5.41) is 5.17. The largest absolute Gasteiger partial charge is 0.494 e. The molecule has 0 fully saturated rings. The van der Waals surface area contributed by atoms with Crippen molar-refractivity contribution in [1.29, 1.82) is 0 Å². The summed E-state index contributed by atoms with van der Waals surface area (Å²) in [5.74, 6) is -2.17. The van der Waals surface area contributed by atoms with Crippen LogP contribution in [-0.4, -0.2) is 29.4 Å². The van der Waals surface area contributed by atoms with E-state index in [4.69, 9.17) is 9.47 Å². The zero-order valence-corrected chi connectivity index (χ0v) is 19.7. The van der Waals surface area contributed by atoms with E-state index < -0.39 is 35.1 Å². The molecule has 184 valence electrons. The van der Waals surface area contributed by atoms with Crippen molar-refractivity contribution in [1.82, 2.24) is 15.6 Å². The van der Waals surface area contributed by atoms with E-state index in [-0.39, 0.29) is 12.5 Å². The van der Waals surface area contributed by atoms with E-state index >= 15 is 0 Å². The fourth-order valence-electron chi connectivity index (χ4n) is 3.27. The number of ether oxygens (including phenoxy) is 2. The first kappa shape index (κ1) is 25.6. The van der Waals surface area contributed by atoms with Gasteiger partial charge >= 0.3 is 0 Å². The maximum Gasteiger partial charge on any atom is 0.257 e. The van der Waals surface area contributed by atoms with E-state index in [1.54, 1.807) is 56.4 Å². The van der Waals surface area contributed by atoms with Crippen molar-refractivity contribution in [2.45, 2.75) is 33.4 Å². The molecular formula is C26H27F2N3O4. The lowest BCUT2D eigenvalue weighted by Crippen LogP contribution is -2.49. The maximum absolute atomic E-state index is 13.9. The van der Waals surface area contributed by atoms with E-state index in [1.165, 1.54) is 0 Å². The van der Waals surface area contributed by atoms with Crippen LogP contribution in [0.5, 0.6) is 17.4 Å². The number of hydrogen-bond acceptors (Lipinski definition) is 5. The van der Waals surface area contributed by atoms with Gasteiger partial charge in [-0.25, -0.2) is 13.8 Å². The van der Waals surface area contributed by atoms with Crippen LogP contribution in [0.25, 0.3) is 0 Å². The van der Waals surface area contributed by atoms with Crippen molar-refractivity contribution in [2.24, 2.45) is 5.92 Å². The van der Waals surface area contributed by atoms with Crippen molar-refractivity contribution in [3.8, 4) is 17.4 Å². The molecule has 0 saturated carbocycles. The molecule has 1 aromatic heterocycles. The quantitative estimate of drug-likeness (QED) is 0.439. The zero-order chi connectivity index (χ0) is 25.4. The minimum absolute atomic E-state index is 0.133. The Labute approximate surface area is 202 Å². The Morgan fingerprint density at radius 3 is 2.29 bits per heavy atom. The Balaban J connectivity index is 1.62. The molecule has 0 unspecified atom stereocenters. The monoisotopic (exact) mass is 483 g/mol. The zero-order valence-electron chi connectivity index (χ0n) is 19.7. The predicted octanol–water partition coefficient (Wildman–Crippen LogP) is 4.62. The number of pyridine rings is 1. The lowest BCUT2D eigenvalue weighted by atomic mass is 10.0. The number of hydrogen-bond donors (Lipinski definition) is 2. The molecule has 1 heterocycles. The second-order valence-corrected chi connectivity index (χ2v) is 8.02. The molecule has 35 heavy (non-hydrogen) atoms. The van der Waals surface area contributed by atoms with Gasteiger partial charge in [-0.15, -0.1) is 0 Å². The summed E-state index contributed by atoms with van der Waals surface area (Å²) in [6.45, 7) is 6.04. The summed E-state index contributed by atoms with van der Waals surface area (Å²) in [6.07, 6.45) is 1.55. The number of amides is 2. The molecule has 7 nitrogen and oxygen atoms in total. The van der Waals surface area contributed by atoms with Gasteiger partial charge in [-0.1, -0.05) is 19.9 Å². The molecule has 0 saturated heterocycles. The van der Waals surface area contributed by atoms with Crippen molar-refractivity contribution < 1.29 is 27.8 Å². The summed E-state index contributed by atoms with van der Waals surface area (Å²) >= 11 is 0. The Bertz CT molecular complexity index is 1150. The fourth-order valence-corrected chi connectivity index (χ4v) is 3.27. The van der Waals surface area contributed by atoms with Gasteiger partial charge < -0.3 is 20.1 Å². The Morgan fingerprint density at radius 2 is 1.66 bits per heavy atom. The number of aromatic nitrogens is 1. The topological polar surface area (TPSA) is 89.5 Å². The summed E-state index contributed by atoms with van der Waals surface area (Å²) < 4.78 is 39.1. The van der Waals surface area contributed by atoms with Crippen LogP contribution in [-0.2, 0) is 11.3 Å². The molecule has 0 aliphatic carbocycles. The first-order chi connectivity index (χ1) is 16.8. The van der Waals surface area contributed by atoms with Crippen molar-refractivity contribution in [2.75, 3.05) is 6.61 Å². The average Bonchev–Trinajstić information content (AvgIpc) is 2.82. The molecule has 0 spiro atoms. The van der Waals surface area contributed by atoms with Crippen molar-refractivity contribution >= 4 is 11.8 Å². The summed E-state index contributed by atoms with van der Waals surface area (Å²) in [4.78, 5) is 29.4. The van der Waals surface area contributed by atoms with Crippen LogP contribution < -0.4 is 20.1 Å². The van der Waals surface area contributed by atoms with Gasteiger partial charge in [0.2, 0.25) is 11.8 Å². The molecular weight excluding hydrogens is 456 g/mol. The third kappa shape index (κ3) is 6.99. The molecule has 9 heteroatoms. The van der Waals surface area contributed by atoms with E-state index in [0.717, 1.165) is 23.9 Å².